The normalized spacial score (nSPS) is 11.2. The van der Waals surface area contributed by atoms with Gasteiger partial charge in [0.25, 0.3) is 0 Å². The molecule has 0 aliphatic rings. The van der Waals surface area contributed by atoms with Crippen LogP contribution in [0.25, 0.3) is 5.69 Å². The van der Waals surface area contributed by atoms with Gasteiger partial charge in [0.2, 0.25) is 5.91 Å². The summed E-state index contributed by atoms with van der Waals surface area (Å²) in [4.78, 5) is 12.0. The van der Waals surface area contributed by atoms with Gasteiger partial charge in [-0.2, -0.15) is 5.10 Å². The fraction of sp³-hybridized carbons (Fsp3) is 0.182. The van der Waals surface area contributed by atoms with Crippen LogP contribution >= 0.6 is 23.4 Å². The van der Waals surface area contributed by atoms with Crippen LogP contribution in [0.2, 0.25) is 5.02 Å². The third-order valence-corrected chi connectivity index (χ3v) is 5.76. The second-order valence-electron chi connectivity index (χ2n) is 6.49. The van der Waals surface area contributed by atoms with Crippen molar-refractivity contribution in [2.24, 2.45) is 5.10 Å². The molecule has 150 valence electrons. The maximum Gasteiger partial charge on any atom is 0.250 e. The molecule has 0 aliphatic carbocycles. The van der Waals surface area contributed by atoms with Crippen molar-refractivity contribution in [1.82, 2.24) is 9.99 Å². The third kappa shape index (κ3) is 5.28. The first-order valence-corrected chi connectivity index (χ1v) is 10.6. The molecule has 1 amide bonds. The minimum atomic E-state index is -0.290. The first kappa shape index (κ1) is 21.1. The van der Waals surface area contributed by atoms with Crippen molar-refractivity contribution in [2.45, 2.75) is 19.6 Å². The van der Waals surface area contributed by atoms with Crippen LogP contribution in [0.5, 0.6) is 0 Å². The monoisotopic (exact) mass is 429 g/mol. The minimum absolute atomic E-state index is 0.193. The van der Waals surface area contributed by atoms with Gasteiger partial charge in [-0.3, -0.25) is 4.79 Å². The molecule has 4 nitrogen and oxygen atoms in total. The van der Waals surface area contributed by atoms with E-state index in [1.807, 2.05) is 48.7 Å². The van der Waals surface area contributed by atoms with Gasteiger partial charge in [0.15, 0.2) is 0 Å². The molecule has 0 fully saturated rings. The van der Waals surface area contributed by atoms with Crippen LogP contribution in [0.4, 0.5) is 4.39 Å². The molecule has 0 saturated heterocycles. The number of hydrogen-bond acceptors (Lipinski definition) is 3. The molecule has 0 aliphatic heterocycles. The summed E-state index contributed by atoms with van der Waals surface area (Å²) >= 11 is 7.58. The highest BCUT2D eigenvalue weighted by atomic mass is 35.5. The molecule has 29 heavy (non-hydrogen) atoms. The summed E-state index contributed by atoms with van der Waals surface area (Å²) < 4.78 is 16.0. The number of carbonyl (C=O) groups excluding carboxylic acids is 1. The summed E-state index contributed by atoms with van der Waals surface area (Å²) in [5.41, 5.74) is 6.56. The minimum Gasteiger partial charge on any atom is -0.315 e. The Hall–Kier alpha value is -2.57. The number of benzene rings is 2. The second kappa shape index (κ2) is 9.76. The van der Waals surface area contributed by atoms with Crippen LogP contribution in [-0.4, -0.2) is 22.4 Å². The molecule has 1 N–H and O–H groups in total. The Kier molecular flexibility index (Phi) is 7.12. The summed E-state index contributed by atoms with van der Waals surface area (Å²) in [7, 11) is 0. The van der Waals surface area contributed by atoms with Crippen molar-refractivity contribution in [3.8, 4) is 5.69 Å². The predicted octanol–water partition coefficient (Wildman–Crippen LogP) is 5.27. The molecule has 3 aromatic rings. The number of nitrogens with zero attached hydrogens (tertiary/aromatic N) is 2. The highest BCUT2D eigenvalue weighted by Gasteiger charge is 2.12. The van der Waals surface area contributed by atoms with Gasteiger partial charge in [-0.15, -0.1) is 11.8 Å². The van der Waals surface area contributed by atoms with Crippen LogP contribution in [0.3, 0.4) is 0 Å². The first-order valence-electron chi connectivity index (χ1n) is 9.04. The van der Waals surface area contributed by atoms with Gasteiger partial charge in [-0.1, -0.05) is 41.9 Å². The van der Waals surface area contributed by atoms with Crippen molar-refractivity contribution in [3.63, 3.8) is 0 Å². The predicted molar refractivity (Wildman–Crippen MR) is 119 cm³/mol. The Balaban J connectivity index is 1.58. The Morgan fingerprint density at radius 3 is 2.69 bits per heavy atom. The fourth-order valence-corrected chi connectivity index (χ4v) is 4.10. The van der Waals surface area contributed by atoms with Crippen LogP contribution in [0, 0.1) is 19.7 Å². The average molecular weight is 430 g/mol. The fourth-order valence-electron chi connectivity index (χ4n) is 3.00. The van der Waals surface area contributed by atoms with E-state index in [2.05, 4.69) is 10.5 Å². The van der Waals surface area contributed by atoms with Gasteiger partial charge >= 0.3 is 0 Å². The Bertz CT molecular complexity index is 1050. The van der Waals surface area contributed by atoms with Crippen molar-refractivity contribution in [3.05, 3.63) is 88.0 Å². The quantitative estimate of drug-likeness (QED) is 0.410. The van der Waals surface area contributed by atoms with E-state index in [4.69, 9.17) is 11.6 Å². The smallest absolute Gasteiger partial charge is 0.250 e. The maximum atomic E-state index is 14.1. The topological polar surface area (TPSA) is 46.4 Å². The van der Waals surface area contributed by atoms with E-state index >= 15 is 0 Å². The number of amides is 1. The summed E-state index contributed by atoms with van der Waals surface area (Å²) in [5.74, 6) is 0.445. The van der Waals surface area contributed by atoms with Gasteiger partial charge in [0.1, 0.15) is 5.82 Å². The molecule has 0 unspecified atom stereocenters. The summed E-state index contributed by atoms with van der Waals surface area (Å²) in [6.07, 6.45) is 1.58. The van der Waals surface area contributed by atoms with Crippen LogP contribution < -0.4 is 5.43 Å². The molecule has 0 bridgehead atoms. The number of aryl methyl sites for hydroxylation is 1. The molecule has 0 spiro atoms. The molecule has 0 radical (unpaired) electrons. The molecule has 3 rings (SSSR count). The van der Waals surface area contributed by atoms with Crippen molar-refractivity contribution >= 4 is 35.5 Å². The molecule has 7 heteroatoms. The zero-order valence-corrected chi connectivity index (χ0v) is 17.7. The number of hydrogen-bond donors (Lipinski definition) is 1. The lowest BCUT2D eigenvalue weighted by atomic mass is 10.2. The molecule has 0 saturated carbocycles. The number of aromatic nitrogens is 1. The van der Waals surface area contributed by atoms with Crippen LogP contribution in [0.15, 0.2) is 59.7 Å². The van der Waals surface area contributed by atoms with E-state index in [1.54, 1.807) is 24.4 Å². The lowest BCUT2D eigenvalue weighted by Crippen LogP contribution is -2.19. The van der Waals surface area contributed by atoms with E-state index in [1.165, 1.54) is 17.8 Å². The standard InChI is InChI=1S/C22H21ClFN3OS/c1-15-11-18(16(2)27(15)21-10-6-5-9-20(21)24)12-25-26-22(28)14-29-13-17-7-3-4-8-19(17)23/h3-12H,13-14H2,1-2H3,(H,26,28)/b25-12+. The molecule has 1 heterocycles. The van der Waals surface area contributed by atoms with Gasteiger partial charge in [-0.05, 0) is 43.7 Å². The molecular formula is C22H21ClFN3OS. The highest BCUT2D eigenvalue weighted by Crippen LogP contribution is 2.22. The van der Waals surface area contributed by atoms with Gasteiger partial charge in [0, 0.05) is 27.7 Å². The van der Waals surface area contributed by atoms with E-state index in [0.29, 0.717) is 16.5 Å². The number of para-hydroxylation sites is 1. The molecule has 1 aromatic heterocycles. The average Bonchev–Trinajstić information content (AvgIpc) is 2.97. The Labute approximate surface area is 178 Å². The van der Waals surface area contributed by atoms with Crippen molar-refractivity contribution in [2.75, 3.05) is 5.75 Å². The number of hydrazone groups is 1. The molecular weight excluding hydrogens is 409 g/mol. The second-order valence-corrected chi connectivity index (χ2v) is 7.88. The van der Waals surface area contributed by atoms with Gasteiger partial charge in [-0.25, -0.2) is 9.82 Å². The van der Waals surface area contributed by atoms with E-state index in [0.717, 1.165) is 22.5 Å². The Morgan fingerprint density at radius 2 is 1.93 bits per heavy atom. The zero-order valence-electron chi connectivity index (χ0n) is 16.2. The number of carbonyl (C=O) groups is 1. The lowest BCUT2D eigenvalue weighted by Gasteiger charge is -2.10. The summed E-state index contributed by atoms with van der Waals surface area (Å²) in [6.45, 7) is 3.79. The largest absolute Gasteiger partial charge is 0.315 e. The zero-order chi connectivity index (χ0) is 20.8. The van der Waals surface area contributed by atoms with Gasteiger partial charge in [0.05, 0.1) is 17.7 Å². The highest BCUT2D eigenvalue weighted by molar-refractivity contribution is 7.99. The van der Waals surface area contributed by atoms with E-state index in [9.17, 15) is 9.18 Å². The maximum absolute atomic E-state index is 14.1. The third-order valence-electron chi connectivity index (χ3n) is 4.41. The molecule has 2 aromatic carbocycles. The first-order chi connectivity index (χ1) is 14.0. The van der Waals surface area contributed by atoms with Crippen molar-refractivity contribution < 1.29 is 9.18 Å². The van der Waals surface area contributed by atoms with E-state index < -0.39 is 0 Å². The number of halogens is 2. The van der Waals surface area contributed by atoms with Gasteiger partial charge < -0.3 is 4.57 Å². The number of rotatable bonds is 7. The Morgan fingerprint density at radius 1 is 1.21 bits per heavy atom. The summed E-state index contributed by atoms with van der Waals surface area (Å²) in [6, 6.07) is 16.1. The SMILES string of the molecule is Cc1cc(/C=N/NC(=O)CSCc2ccccc2Cl)c(C)n1-c1ccccc1F. The van der Waals surface area contributed by atoms with Crippen LogP contribution in [0.1, 0.15) is 22.5 Å². The number of nitrogens with one attached hydrogen (secondary N) is 1. The van der Waals surface area contributed by atoms with Crippen LogP contribution in [-0.2, 0) is 10.5 Å². The lowest BCUT2D eigenvalue weighted by molar-refractivity contribution is -0.118. The van der Waals surface area contributed by atoms with Crippen molar-refractivity contribution in [1.29, 1.82) is 0 Å². The number of thioether (sulfide) groups is 1. The molecule has 0 atom stereocenters. The summed E-state index contributed by atoms with van der Waals surface area (Å²) in [5, 5.41) is 4.74. The van der Waals surface area contributed by atoms with E-state index in [-0.39, 0.29) is 17.5 Å².